The molecule has 0 unspecified atom stereocenters. The number of nitrogens with one attached hydrogen (secondary N) is 2. The second kappa shape index (κ2) is 11.0. The Labute approximate surface area is 199 Å². The lowest BCUT2D eigenvalue weighted by molar-refractivity contribution is -0.124. The predicted octanol–water partition coefficient (Wildman–Crippen LogP) is 4.05. The molecule has 0 spiro atoms. The average molecular weight is 463 g/mol. The Kier molecular flexibility index (Phi) is 7.57. The fourth-order valence-electron chi connectivity index (χ4n) is 4.28. The van der Waals surface area contributed by atoms with Gasteiger partial charge >= 0.3 is 0 Å². The minimum atomic E-state index is -0.566. The van der Waals surface area contributed by atoms with Crippen LogP contribution in [0.25, 0.3) is 11.5 Å². The van der Waals surface area contributed by atoms with Crippen molar-refractivity contribution < 1.29 is 18.7 Å². The molecule has 1 saturated carbocycles. The topological polar surface area (TPSA) is 106 Å². The Bertz CT molecular complexity index is 1120. The average Bonchev–Trinajstić information content (AvgIpc) is 3.37. The van der Waals surface area contributed by atoms with Gasteiger partial charge in [-0.15, -0.1) is 0 Å². The molecule has 2 amide bonds. The fourth-order valence-corrected chi connectivity index (χ4v) is 4.28. The molecular formula is C26H30N4O4. The van der Waals surface area contributed by atoms with E-state index in [0.717, 1.165) is 36.9 Å². The van der Waals surface area contributed by atoms with Gasteiger partial charge < -0.3 is 19.8 Å². The quantitative estimate of drug-likeness (QED) is 0.523. The molecule has 1 aliphatic carbocycles. The number of amides is 2. The summed E-state index contributed by atoms with van der Waals surface area (Å²) in [5.41, 5.74) is 2.55. The highest BCUT2D eigenvalue weighted by atomic mass is 16.5. The molecule has 1 fully saturated rings. The van der Waals surface area contributed by atoms with Crippen LogP contribution in [0.4, 0.5) is 0 Å². The molecule has 0 bridgehead atoms. The summed E-state index contributed by atoms with van der Waals surface area (Å²) in [6.07, 6.45) is 8.55. The van der Waals surface area contributed by atoms with E-state index in [0.29, 0.717) is 23.8 Å². The van der Waals surface area contributed by atoms with Crippen LogP contribution in [0.1, 0.15) is 53.9 Å². The van der Waals surface area contributed by atoms with Crippen molar-refractivity contribution in [2.75, 3.05) is 7.05 Å². The van der Waals surface area contributed by atoms with E-state index < -0.39 is 11.9 Å². The molecule has 34 heavy (non-hydrogen) atoms. The van der Waals surface area contributed by atoms with E-state index in [1.165, 1.54) is 6.42 Å². The first-order valence-corrected chi connectivity index (χ1v) is 11.7. The van der Waals surface area contributed by atoms with Gasteiger partial charge in [0.05, 0.1) is 11.9 Å². The van der Waals surface area contributed by atoms with Crippen molar-refractivity contribution in [1.29, 1.82) is 0 Å². The van der Waals surface area contributed by atoms with E-state index in [2.05, 4.69) is 20.6 Å². The summed E-state index contributed by atoms with van der Waals surface area (Å²) in [6, 6.07) is 10.2. The lowest BCUT2D eigenvalue weighted by Crippen LogP contribution is -2.50. The number of rotatable bonds is 8. The molecule has 3 aromatic heterocycles. The smallest absolute Gasteiger partial charge is 0.287 e. The van der Waals surface area contributed by atoms with Crippen LogP contribution < -0.4 is 15.4 Å². The number of hydrogen-bond donors (Lipinski definition) is 2. The number of aryl methyl sites for hydroxylation is 1. The molecule has 3 aromatic rings. The van der Waals surface area contributed by atoms with Gasteiger partial charge in [0.15, 0.2) is 11.5 Å². The number of ether oxygens (including phenoxy) is 1. The lowest BCUT2D eigenvalue weighted by Gasteiger charge is -2.29. The SMILES string of the molecule is CNC(=O)[C@@H](NC(=O)c1ccc(-c2ccc(OCc3cc(C)ccn3)cn2)o1)C1CCCCC1. The minimum absolute atomic E-state index is 0.135. The first-order valence-electron chi connectivity index (χ1n) is 11.7. The van der Waals surface area contributed by atoms with Crippen molar-refractivity contribution in [3.63, 3.8) is 0 Å². The summed E-state index contributed by atoms with van der Waals surface area (Å²) in [7, 11) is 1.59. The van der Waals surface area contributed by atoms with Crippen molar-refractivity contribution in [3.05, 3.63) is 65.8 Å². The third-order valence-corrected chi connectivity index (χ3v) is 6.11. The van der Waals surface area contributed by atoms with Crippen LogP contribution in [0.3, 0.4) is 0 Å². The van der Waals surface area contributed by atoms with Crippen molar-refractivity contribution >= 4 is 11.8 Å². The summed E-state index contributed by atoms with van der Waals surface area (Å²) in [5, 5.41) is 5.54. The first kappa shape index (κ1) is 23.5. The number of carbonyl (C=O) groups is 2. The number of nitrogens with zero attached hydrogens (tertiary/aromatic N) is 2. The largest absolute Gasteiger partial charge is 0.486 e. The Morgan fingerprint density at radius 1 is 1.12 bits per heavy atom. The molecule has 1 aliphatic rings. The maximum Gasteiger partial charge on any atom is 0.287 e. The summed E-state index contributed by atoms with van der Waals surface area (Å²) in [5.74, 6) is 0.772. The zero-order valence-corrected chi connectivity index (χ0v) is 19.5. The summed E-state index contributed by atoms with van der Waals surface area (Å²) in [4.78, 5) is 33.9. The van der Waals surface area contributed by atoms with Gasteiger partial charge in [-0.1, -0.05) is 19.3 Å². The molecule has 0 radical (unpaired) electrons. The van der Waals surface area contributed by atoms with Crippen molar-refractivity contribution in [1.82, 2.24) is 20.6 Å². The van der Waals surface area contributed by atoms with E-state index in [4.69, 9.17) is 9.15 Å². The van der Waals surface area contributed by atoms with Crippen LogP contribution in [0, 0.1) is 12.8 Å². The molecule has 0 aliphatic heterocycles. The predicted molar refractivity (Wildman–Crippen MR) is 127 cm³/mol. The van der Waals surface area contributed by atoms with Crippen molar-refractivity contribution in [2.45, 2.75) is 51.7 Å². The fraction of sp³-hybridized carbons (Fsp3) is 0.385. The number of pyridine rings is 2. The summed E-state index contributed by atoms with van der Waals surface area (Å²) in [6.45, 7) is 2.36. The van der Waals surface area contributed by atoms with Crippen LogP contribution in [0.15, 0.2) is 53.2 Å². The van der Waals surface area contributed by atoms with Gasteiger partial charge in [0.25, 0.3) is 5.91 Å². The molecule has 2 N–H and O–H groups in total. The van der Waals surface area contributed by atoms with Crippen LogP contribution in [0.5, 0.6) is 5.75 Å². The van der Waals surface area contributed by atoms with Gasteiger partial charge in [-0.25, -0.2) is 4.98 Å². The number of aromatic nitrogens is 2. The first-order chi connectivity index (χ1) is 16.5. The molecule has 3 heterocycles. The van der Waals surface area contributed by atoms with Crippen LogP contribution in [-0.2, 0) is 11.4 Å². The molecule has 8 nitrogen and oxygen atoms in total. The third kappa shape index (κ3) is 5.81. The maximum atomic E-state index is 12.8. The van der Waals surface area contributed by atoms with Crippen LogP contribution >= 0.6 is 0 Å². The maximum absolute atomic E-state index is 12.8. The Morgan fingerprint density at radius 2 is 1.94 bits per heavy atom. The number of likely N-dealkylation sites (N-methyl/N-ethyl adjacent to an activating group) is 1. The second-order valence-corrected chi connectivity index (χ2v) is 8.62. The van der Waals surface area contributed by atoms with E-state index in [1.54, 1.807) is 43.7 Å². The standard InChI is InChI=1S/C26H30N4O4/c1-17-12-13-28-19(14-17)16-33-20-8-9-21(29-15-20)22-10-11-23(34-22)25(31)30-24(26(32)27-2)18-6-4-3-5-7-18/h8-15,18,24H,3-7,16H2,1-2H3,(H,27,32)(H,30,31)/t24-/m0/s1. The third-order valence-electron chi connectivity index (χ3n) is 6.11. The van der Waals surface area contributed by atoms with Gasteiger partial charge in [-0.3, -0.25) is 14.6 Å². The molecule has 1 atom stereocenters. The van der Waals surface area contributed by atoms with Gasteiger partial charge in [0.2, 0.25) is 5.91 Å². The highest BCUT2D eigenvalue weighted by Gasteiger charge is 2.31. The Balaban J connectivity index is 1.38. The van der Waals surface area contributed by atoms with Crippen molar-refractivity contribution in [2.24, 2.45) is 5.92 Å². The number of hydrogen-bond acceptors (Lipinski definition) is 6. The van der Waals surface area contributed by atoms with Gasteiger partial charge in [-0.05, 0) is 67.6 Å². The molecule has 8 heteroatoms. The minimum Gasteiger partial charge on any atom is -0.486 e. The van der Waals surface area contributed by atoms with Crippen LogP contribution in [-0.4, -0.2) is 34.9 Å². The number of carbonyl (C=O) groups excluding carboxylic acids is 2. The molecule has 0 aromatic carbocycles. The van der Waals surface area contributed by atoms with E-state index in [-0.39, 0.29) is 17.6 Å². The molecular weight excluding hydrogens is 432 g/mol. The van der Waals surface area contributed by atoms with E-state index in [9.17, 15) is 9.59 Å². The molecule has 178 valence electrons. The number of furan rings is 1. The highest BCUT2D eigenvalue weighted by Crippen LogP contribution is 2.27. The highest BCUT2D eigenvalue weighted by molar-refractivity contribution is 5.96. The zero-order valence-electron chi connectivity index (χ0n) is 19.5. The van der Waals surface area contributed by atoms with Crippen LogP contribution in [0.2, 0.25) is 0 Å². The Morgan fingerprint density at radius 3 is 2.65 bits per heavy atom. The Hall–Kier alpha value is -3.68. The molecule has 0 saturated heterocycles. The summed E-state index contributed by atoms with van der Waals surface area (Å²) >= 11 is 0. The van der Waals surface area contributed by atoms with Gasteiger partial charge in [0, 0.05) is 13.2 Å². The monoisotopic (exact) mass is 462 g/mol. The van der Waals surface area contributed by atoms with E-state index >= 15 is 0 Å². The normalized spacial score (nSPS) is 14.9. The van der Waals surface area contributed by atoms with Gasteiger partial charge in [-0.2, -0.15) is 0 Å². The lowest BCUT2D eigenvalue weighted by atomic mass is 9.83. The van der Waals surface area contributed by atoms with Gasteiger partial charge in [0.1, 0.15) is 24.1 Å². The van der Waals surface area contributed by atoms with E-state index in [1.807, 2.05) is 19.1 Å². The molecule has 4 rings (SSSR count). The van der Waals surface area contributed by atoms with Crippen molar-refractivity contribution in [3.8, 4) is 17.2 Å². The second-order valence-electron chi connectivity index (χ2n) is 8.62. The summed E-state index contributed by atoms with van der Waals surface area (Å²) < 4.78 is 11.5. The zero-order chi connectivity index (χ0) is 23.9.